The maximum absolute atomic E-state index is 12.7. The summed E-state index contributed by atoms with van der Waals surface area (Å²) >= 11 is 0. The summed E-state index contributed by atoms with van der Waals surface area (Å²) in [5, 5.41) is 0. The molecule has 0 spiro atoms. The third-order valence-corrected chi connectivity index (χ3v) is 14.9. The number of phosphoric ester groups is 1. The Morgan fingerprint density at radius 3 is 1.04 bits per heavy atom. The third-order valence-electron chi connectivity index (χ3n) is 14.0. The summed E-state index contributed by atoms with van der Waals surface area (Å²) in [4.78, 5) is 35.3. The molecule has 2 unspecified atom stereocenters. The van der Waals surface area contributed by atoms with Gasteiger partial charge in [-0.3, -0.25) is 18.6 Å². The normalized spacial score (nSPS) is 13.6. The Morgan fingerprint density at radius 1 is 0.392 bits per heavy atom. The molecule has 0 aromatic rings. The Labute approximate surface area is 486 Å². The first kappa shape index (κ1) is 75.9. The van der Waals surface area contributed by atoms with Crippen LogP contribution < -0.4 is 5.73 Å². The number of unbranched alkanes of at least 4 members (excludes halogenated alkanes) is 32. The molecule has 0 saturated heterocycles. The van der Waals surface area contributed by atoms with E-state index in [9.17, 15) is 19.0 Å². The van der Waals surface area contributed by atoms with Gasteiger partial charge in [-0.15, -0.1) is 0 Å². The van der Waals surface area contributed by atoms with E-state index in [4.69, 9.17) is 24.3 Å². The molecule has 0 fully saturated rings. The van der Waals surface area contributed by atoms with Crippen LogP contribution >= 0.6 is 7.82 Å². The zero-order valence-electron chi connectivity index (χ0n) is 51.1. The average molecular weight is 1120 g/mol. The minimum atomic E-state index is -4.40. The Morgan fingerprint density at radius 2 is 0.696 bits per heavy atom. The van der Waals surface area contributed by atoms with Gasteiger partial charge in [-0.05, 0) is 96.3 Å². The lowest BCUT2D eigenvalue weighted by atomic mass is 10.0. The van der Waals surface area contributed by atoms with Crippen LogP contribution in [0.4, 0.5) is 0 Å². The Bertz CT molecular complexity index is 1610. The van der Waals surface area contributed by atoms with E-state index in [1.807, 2.05) is 0 Å². The number of hydrogen-bond donors (Lipinski definition) is 2. The van der Waals surface area contributed by atoms with Gasteiger partial charge in [-0.2, -0.15) is 0 Å². The van der Waals surface area contributed by atoms with Crippen LogP contribution in [0, 0.1) is 0 Å². The number of hydrogen-bond acceptors (Lipinski definition) is 8. The van der Waals surface area contributed by atoms with E-state index in [2.05, 4.69) is 111 Å². The molecule has 0 aromatic heterocycles. The van der Waals surface area contributed by atoms with Gasteiger partial charge in [0.1, 0.15) is 6.61 Å². The van der Waals surface area contributed by atoms with E-state index in [0.717, 1.165) is 96.3 Å². The van der Waals surface area contributed by atoms with Crippen molar-refractivity contribution in [3.05, 3.63) is 97.2 Å². The van der Waals surface area contributed by atoms with Gasteiger partial charge in [-0.25, -0.2) is 4.57 Å². The molecule has 0 amide bonds. The van der Waals surface area contributed by atoms with Gasteiger partial charge in [0.05, 0.1) is 13.2 Å². The van der Waals surface area contributed by atoms with E-state index in [1.54, 1.807) is 0 Å². The molecule has 10 heteroatoms. The number of carbonyl (C=O) groups is 2. The molecule has 0 rings (SSSR count). The molecule has 0 aliphatic carbocycles. The number of nitrogens with two attached hydrogens (primary N) is 1. The van der Waals surface area contributed by atoms with Gasteiger partial charge < -0.3 is 20.1 Å². The molecule has 0 bridgehead atoms. The highest BCUT2D eigenvalue weighted by molar-refractivity contribution is 7.47. The molecule has 0 aromatic carbocycles. The SMILES string of the molecule is CC/C=C\C/C=C\C/C=C\C/C=C\C/C=C\CCCCCCCCCCCCCCCCCCCCCCCC(=O)OC(COC(=O)CCCCCCCC/C=C\C/C=C\C/C=C\CCCCCCC)COP(=O)(O)OCCN. The highest BCUT2D eigenvalue weighted by atomic mass is 31.2. The second-order valence-electron chi connectivity index (χ2n) is 21.6. The number of rotatable bonds is 61. The molecule has 9 nitrogen and oxygen atoms in total. The molecule has 0 radical (unpaired) electrons. The largest absolute Gasteiger partial charge is 0.472 e. The lowest BCUT2D eigenvalue weighted by molar-refractivity contribution is -0.161. The van der Waals surface area contributed by atoms with Crippen LogP contribution in [0.3, 0.4) is 0 Å². The first-order chi connectivity index (χ1) is 38.8. The Kier molecular flexibility index (Phi) is 61.6. The highest BCUT2D eigenvalue weighted by Crippen LogP contribution is 2.43. The summed E-state index contributed by atoms with van der Waals surface area (Å²) < 4.78 is 33.1. The first-order valence-corrected chi connectivity index (χ1v) is 34.2. The predicted octanol–water partition coefficient (Wildman–Crippen LogP) is 21.2. The molecular weight excluding hydrogens is 1000 g/mol. The van der Waals surface area contributed by atoms with Crippen LogP contribution in [-0.4, -0.2) is 49.3 Å². The van der Waals surface area contributed by atoms with Crippen molar-refractivity contribution in [2.75, 3.05) is 26.4 Å². The van der Waals surface area contributed by atoms with Gasteiger partial charge in [0, 0.05) is 19.4 Å². The number of esters is 2. The summed E-state index contributed by atoms with van der Waals surface area (Å²) in [6.45, 7) is 3.63. The molecule has 3 N–H and O–H groups in total. The van der Waals surface area contributed by atoms with Crippen molar-refractivity contribution in [3.63, 3.8) is 0 Å². The number of ether oxygens (including phenoxy) is 2. The van der Waals surface area contributed by atoms with Gasteiger partial charge >= 0.3 is 19.8 Å². The summed E-state index contributed by atoms with van der Waals surface area (Å²) in [6, 6.07) is 0. The zero-order chi connectivity index (χ0) is 57.3. The smallest absolute Gasteiger partial charge is 0.462 e. The molecule has 0 heterocycles. The maximum Gasteiger partial charge on any atom is 0.472 e. The van der Waals surface area contributed by atoms with Gasteiger partial charge in [-0.1, -0.05) is 284 Å². The van der Waals surface area contributed by atoms with E-state index in [1.165, 1.54) is 167 Å². The fourth-order valence-corrected chi connectivity index (χ4v) is 9.91. The molecule has 0 aliphatic rings. The Hall–Kier alpha value is -3.07. The van der Waals surface area contributed by atoms with E-state index >= 15 is 0 Å². The second kappa shape index (κ2) is 64.1. The predicted molar refractivity (Wildman–Crippen MR) is 339 cm³/mol. The van der Waals surface area contributed by atoms with Gasteiger partial charge in [0.15, 0.2) is 6.10 Å². The quantitative estimate of drug-likeness (QED) is 0.0264. The van der Waals surface area contributed by atoms with Crippen LogP contribution in [0.5, 0.6) is 0 Å². The van der Waals surface area contributed by atoms with Crippen LogP contribution in [-0.2, 0) is 32.7 Å². The van der Waals surface area contributed by atoms with Crippen LogP contribution in [0.1, 0.15) is 296 Å². The summed E-state index contributed by atoms with van der Waals surface area (Å²) in [7, 11) is -4.40. The molecule has 79 heavy (non-hydrogen) atoms. The van der Waals surface area contributed by atoms with Crippen LogP contribution in [0.2, 0.25) is 0 Å². The van der Waals surface area contributed by atoms with Gasteiger partial charge in [0.25, 0.3) is 0 Å². The molecule has 0 aliphatic heterocycles. The molecule has 456 valence electrons. The highest BCUT2D eigenvalue weighted by Gasteiger charge is 2.26. The van der Waals surface area contributed by atoms with Crippen molar-refractivity contribution in [1.82, 2.24) is 0 Å². The minimum absolute atomic E-state index is 0.0493. The number of carbonyl (C=O) groups excluding carboxylic acids is 2. The first-order valence-electron chi connectivity index (χ1n) is 32.7. The number of phosphoric acid groups is 1. The molecule has 0 saturated carbocycles. The van der Waals surface area contributed by atoms with Crippen LogP contribution in [0.15, 0.2) is 97.2 Å². The number of allylic oxidation sites excluding steroid dienone is 16. The summed E-state index contributed by atoms with van der Waals surface area (Å²) in [5.74, 6) is -0.835. The van der Waals surface area contributed by atoms with Crippen LogP contribution in [0.25, 0.3) is 0 Å². The standard InChI is InChI=1S/C69H122NO8P/c1-3-5-7-9-11-13-15-17-19-21-23-25-26-27-28-29-30-31-32-33-34-35-36-37-38-39-40-42-44-46-48-50-52-54-56-58-60-62-69(72)78-67(66-77-79(73,74)76-64-63-70)65-75-68(71)61-59-57-55-53-51-49-47-45-43-41-24-22-20-18-16-14-12-10-8-6-4-2/h5,7,11,13,16-19,22-25,27-28,43,45,67H,3-4,6,8-10,12,14-15,20-21,26,29-42,44,46-66,70H2,1-2H3,(H,73,74)/b7-5-,13-11-,18-16-,19-17-,24-22-,25-23-,28-27-,45-43-. The lowest BCUT2D eigenvalue weighted by Crippen LogP contribution is -2.29. The van der Waals surface area contributed by atoms with Crippen molar-refractivity contribution < 1.29 is 37.6 Å². The monoisotopic (exact) mass is 1120 g/mol. The van der Waals surface area contributed by atoms with E-state index < -0.39 is 32.5 Å². The molecular formula is C69H122NO8P. The lowest BCUT2D eigenvalue weighted by Gasteiger charge is -2.19. The van der Waals surface area contributed by atoms with Gasteiger partial charge in [0.2, 0.25) is 0 Å². The zero-order valence-corrected chi connectivity index (χ0v) is 52.0. The second-order valence-corrected chi connectivity index (χ2v) is 23.1. The van der Waals surface area contributed by atoms with Crippen molar-refractivity contribution >= 4 is 19.8 Å². The fourth-order valence-electron chi connectivity index (χ4n) is 9.14. The molecule has 2 atom stereocenters. The topological polar surface area (TPSA) is 134 Å². The van der Waals surface area contributed by atoms with Crippen molar-refractivity contribution in [3.8, 4) is 0 Å². The van der Waals surface area contributed by atoms with Crippen molar-refractivity contribution in [1.29, 1.82) is 0 Å². The minimum Gasteiger partial charge on any atom is -0.462 e. The van der Waals surface area contributed by atoms with E-state index in [0.29, 0.717) is 6.42 Å². The fraction of sp³-hybridized carbons (Fsp3) is 0.739. The summed E-state index contributed by atoms with van der Waals surface area (Å²) in [6.07, 6.45) is 86.3. The van der Waals surface area contributed by atoms with E-state index in [-0.39, 0.29) is 32.6 Å². The Balaban J connectivity index is 3.87. The third kappa shape index (κ3) is 64.0. The summed E-state index contributed by atoms with van der Waals surface area (Å²) in [5.41, 5.74) is 5.39. The van der Waals surface area contributed by atoms with Crippen molar-refractivity contribution in [2.24, 2.45) is 5.73 Å². The average Bonchev–Trinajstić information content (AvgIpc) is 3.44. The maximum atomic E-state index is 12.7. The van der Waals surface area contributed by atoms with Crippen molar-refractivity contribution in [2.45, 2.75) is 302 Å².